The molecule has 0 aliphatic heterocycles. The second-order valence-corrected chi connectivity index (χ2v) is 10.9. The number of hydrogen-bond acceptors (Lipinski definition) is 6. The van der Waals surface area contributed by atoms with Crippen LogP contribution in [-0.4, -0.2) is 44.3 Å². The molecule has 0 aliphatic rings. The maximum Gasteiger partial charge on any atom is 0.335 e. The Labute approximate surface area is 268 Å². The fourth-order valence-corrected chi connectivity index (χ4v) is 5.24. The molecule has 6 rings (SSSR count). The van der Waals surface area contributed by atoms with E-state index >= 15 is 8.78 Å². The summed E-state index contributed by atoms with van der Waals surface area (Å²) in [4.78, 5) is 24.7. The van der Waals surface area contributed by atoms with Crippen LogP contribution >= 0.6 is 0 Å². The smallest absolute Gasteiger partial charge is 0.335 e. The summed E-state index contributed by atoms with van der Waals surface area (Å²) in [6, 6.07) is 19.9. The number of carboxylic acid groups (broad SMARTS) is 1. The molecule has 238 valence electrons. The molecule has 0 atom stereocenters. The first-order valence-corrected chi connectivity index (χ1v) is 14.7. The van der Waals surface area contributed by atoms with Crippen molar-refractivity contribution in [2.24, 2.45) is 0 Å². The normalized spacial score (nSPS) is 11.3. The van der Waals surface area contributed by atoms with Crippen molar-refractivity contribution in [2.45, 2.75) is 26.5 Å². The van der Waals surface area contributed by atoms with Crippen molar-refractivity contribution in [3.63, 3.8) is 0 Å². The molecule has 0 fully saturated rings. The molecule has 1 N–H and O–H groups in total. The third kappa shape index (κ3) is 6.85. The second-order valence-electron chi connectivity index (χ2n) is 10.9. The predicted molar refractivity (Wildman–Crippen MR) is 170 cm³/mol. The monoisotopic (exact) mass is 638 g/mol. The van der Waals surface area contributed by atoms with Gasteiger partial charge >= 0.3 is 5.97 Å². The van der Waals surface area contributed by atoms with Gasteiger partial charge in [0.2, 0.25) is 5.88 Å². The van der Waals surface area contributed by atoms with Crippen LogP contribution < -0.4 is 4.74 Å². The number of carbonyl (C=O) groups is 1. The van der Waals surface area contributed by atoms with Crippen LogP contribution in [0.25, 0.3) is 33.4 Å². The maximum atomic E-state index is 15.5. The van der Waals surface area contributed by atoms with Gasteiger partial charge in [0.1, 0.15) is 29.9 Å². The van der Waals surface area contributed by atoms with Crippen LogP contribution in [0, 0.1) is 24.4 Å². The Hall–Kier alpha value is -5.55. The predicted octanol–water partition coefficient (Wildman–Crippen LogP) is 7.40. The molecule has 0 spiro atoms. The Morgan fingerprint density at radius 3 is 2.43 bits per heavy atom. The van der Waals surface area contributed by atoms with Crippen molar-refractivity contribution in [1.29, 1.82) is 0 Å². The lowest BCUT2D eigenvalue weighted by Gasteiger charge is -2.12. The van der Waals surface area contributed by atoms with Crippen molar-refractivity contribution in [1.82, 2.24) is 19.5 Å². The van der Waals surface area contributed by atoms with Crippen molar-refractivity contribution in [3.05, 3.63) is 131 Å². The van der Waals surface area contributed by atoms with Crippen LogP contribution in [0.15, 0.2) is 85.1 Å². The van der Waals surface area contributed by atoms with Crippen LogP contribution in [0.1, 0.15) is 33.0 Å². The lowest BCUT2D eigenvalue weighted by molar-refractivity contribution is 0.0697. The number of ether oxygens (including phenoxy) is 2. The summed E-state index contributed by atoms with van der Waals surface area (Å²) in [6.07, 6.45) is 1.63. The lowest BCUT2D eigenvalue weighted by atomic mass is 10.0. The molecule has 8 nitrogen and oxygen atoms in total. The van der Waals surface area contributed by atoms with Crippen LogP contribution in [0.3, 0.4) is 0 Å². The molecule has 0 amide bonds. The van der Waals surface area contributed by atoms with E-state index in [1.807, 2.05) is 19.1 Å². The number of benzene rings is 3. The van der Waals surface area contributed by atoms with Gasteiger partial charge in [-0.1, -0.05) is 24.3 Å². The third-order valence-corrected chi connectivity index (χ3v) is 7.75. The van der Waals surface area contributed by atoms with E-state index in [1.54, 1.807) is 41.1 Å². The minimum atomic E-state index is -1.09. The summed E-state index contributed by atoms with van der Waals surface area (Å²) in [6.45, 7) is 2.39. The molecule has 3 aromatic heterocycles. The first-order chi connectivity index (χ1) is 22.7. The van der Waals surface area contributed by atoms with Crippen LogP contribution in [0.4, 0.5) is 13.2 Å². The molecular weight excluding hydrogens is 609 g/mol. The van der Waals surface area contributed by atoms with Gasteiger partial charge in [-0.25, -0.2) is 27.9 Å². The minimum Gasteiger partial charge on any atom is -0.478 e. The molecule has 47 heavy (non-hydrogen) atoms. The van der Waals surface area contributed by atoms with Gasteiger partial charge in [0.05, 0.1) is 28.9 Å². The van der Waals surface area contributed by atoms with Gasteiger partial charge in [-0.15, -0.1) is 0 Å². The van der Waals surface area contributed by atoms with Gasteiger partial charge < -0.3 is 19.1 Å². The van der Waals surface area contributed by atoms with E-state index in [0.29, 0.717) is 41.1 Å². The third-order valence-electron chi connectivity index (χ3n) is 7.75. The summed E-state index contributed by atoms with van der Waals surface area (Å²) < 4.78 is 58.6. The van der Waals surface area contributed by atoms with Crippen molar-refractivity contribution >= 4 is 17.0 Å². The summed E-state index contributed by atoms with van der Waals surface area (Å²) in [5.41, 5.74) is 3.93. The van der Waals surface area contributed by atoms with E-state index < -0.39 is 23.4 Å². The number of carboxylic acids is 1. The lowest BCUT2D eigenvalue weighted by Crippen LogP contribution is -2.10. The quantitative estimate of drug-likeness (QED) is 0.158. The zero-order valence-corrected chi connectivity index (χ0v) is 25.5. The Balaban J connectivity index is 1.21. The van der Waals surface area contributed by atoms with Crippen LogP contribution in [-0.2, 0) is 24.3 Å². The molecule has 0 saturated heterocycles. The van der Waals surface area contributed by atoms with Gasteiger partial charge in [-0.2, -0.15) is 0 Å². The Morgan fingerprint density at radius 1 is 0.872 bits per heavy atom. The van der Waals surface area contributed by atoms with Gasteiger partial charge in [0, 0.05) is 54.7 Å². The summed E-state index contributed by atoms with van der Waals surface area (Å²) in [5, 5.41) is 9.43. The molecular formula is C36H29F3N4O4. The number of nitrogens with zero attached hydrogens (tertiary/aromatic N) is 4. The largest absolute Gasteiger partial charge is 0.478 e. The van der Waals surface area contributed by atoms with Gasteiger partial charge in [-0.3, -0.25) is 4.98 Å². The first-order valence-electron chi connectivity index (χ1n) is 14.7. The number of fused-ring (bicyclic) bond motifs is 1. The Morgan fingerprint density at radius 2 is 1.68 bits per heavy atom. The molecule has 0 unspecified atom stereocenters. The van der Waals surface area contributed by atoms with E-state index in [-0.39, 0.29) is 41.3 Å². The number of aryl methyl sites for hydroxylation is 1. The van der Waals surface area contributed by atoms with Gasteiger partial charge in [-0.05, 0) is 66.6 Å². The highest BCUT2D eigenvalue weighted by atomic mass is 19.1. The summed E-state index contributed by atoms with van der Waals surface area (Å²) in [5.74, 6) is -2.37. The number of rotatable bonds is 11. The highest BCUT2D eigenvalue weighted by molar-refractivity contribution is 5.92. The number of methoxy groups -OCH3 is 1. The van der Waals surface area contributed by atoms with Crippen molar-refractivity contribution in [3.8, 4) is 28.3 Å². The number of imidazole rings is 1. The molecule has 11 heteroatoms. The molecule has 3 aromatic carbocycles. The first kappa shape index (κ1) is 31.4. The second kappa shape index (κ2) is 13.4. The number of pyridine rings is 2. The Bertz CT molecular complexity index is 2100. The fourth-order valence-electron chi connectivity index (χ4n) is 5.24. The standard InChI is InChI=1S/C36H29F3N4O4/c1-21-6-7-24(19-40-21)22-8-9-25(28(37)14-22)20-47-35-5-3-4-31(42-35)27-18-29(38)26(15-30(27)39)17-34-41-32-11-10-23(36(44)45)16-33(32)43(34)12-13-46-2/h3-11,14-16,18-19H,12-13,17,20H2,1-2H3,(H,44,45). The SMILES string of the molecule is COCCn1c(Cc2cc(F)c(-c3cccc(OCc4ccc(-c5ccc(C)nc5)cc4F)n3)cc2F)nc2ccc(C(=O)O)cc21. The zero-order valence-electron chi connectivity index (χ0n) is 25.5. The maximum absolute atomic E-state index is 15.5. The Kier molecular flexibility index (Phi) is 8.99. The van der Waals surface area contributed by atoms with Crippen molar-refractivity contribution in [2.75, 3.05) is 13.7 Å². The van der Waals surface area contributed by atoms with Crippen LogP contribution in [0.5, 0.6) is 5.88 Å². The number of halogens is 3. The minimum absolute atomic E-state index is 0.0504. The molecule has 0 bridgehead atoms. The number of aromatic carboxylic acids is 1. The zero-order chi connectivity index (χ0) is 33.1. The molecule has 3 heterocycles. The van der Waals surface area contributed by atoms with E-state index in [4.69, 9.17) is 9.47 Å². The van der Waals surface area contributed by atoms with E-state index in [1.165, 1.54) is 31.4 Å². The number of hydrogen-bond donors (Lipinski definition) is 1. The highest BCUT2D eigenvalue weighted by Crippen LogP contribution is 2.29. The fraction of sp³-hybridized carbons (Fsp3) is 0.167. The van der Waals surface area contributed by atoms with E-state index in [9.17, 15) is 14.3 Å². The molecule has 0 saturated carbocycles. The summed E-state index contributed by atoms with van der Waals surface area (Å²) >= 11 is 0. The molecule has 6 aromatic rings. The molecule has 0 aliphatic carbocycles. The van der Waals surface area contributed by atoms with Crippen molar-refractivity contribution < 1.29 is 32.5 Å². The average molecular weight is 639 g/mol. The molecule has 0 radical (unpaired) electrons. The topological polar surface area (TPSA) is 99.4 Å². The van der Waals surface area contributed by atoms with E-state index in [0.717, 1.165) is 23.4 Å². The average Bonchev–Trinajstić information content (AvgIpc) is 3.41. The van der Waals surface area contributed by atoms with Gasteiger partial charge in [0.25, 0.3) is 0 Å². The van der Waals surface area contributed by atoms with Crippen LogP contribution in [0.2, 0.25) is 0 Å². The van der Waals surface area contributed by atoms with E-state index in [2.05, 4.69) is 15.0 Å². The van der Waals surface area contributed by atoms with Gasteiger partial charge in [0.15, 0.2) is 0 Å². The summed E-state index contributed by atoms with van der Waals surface area (Å²) in [7, 11) is 1.53. The highest BCUT2D eigenvalue weighted by Gasteiger charge is 2.19. The number of aromatic nitrogens is 4.